The van der Waals surface area contributed by atoms with Crippen LogP contribution in [0.25, 0.3) is 5.57 Å². The van der Waals surface area contributed by atoms with Gasteiger partial charge in [0.05, 0.1) is 16.2 Å². The Morgan fingerprint density at radius 1 is 1.03 bits per heavy atom. The Hall–Kier alpha value is -2.97. The molecule has 2 aromatic carbocycles. The number of amides is 3. The highest BCUT2D eigenvalue weighted by Gasteiger charge is 2.41. The molecule has 3 amide bonds. The second kappa shape index (κ2) is 8.28. The van der Waals surface area contributed by atoms with Crippen LogP contribution in [0, 0.1) is 13.8 Å². The Balaban J connectivity index is 1.64. The Labute approximate surface area is 190 Å². The van der Waals surface area contributed by atoms with E-state index in [0.717, 1.165) is 22.9 Å². The number of hydrogen-bond donors (Lipinski definition) is 1. The van der Waals surface area contributed by atoms with Gasteiger partial charge in [-0.05, 0) is 50.1 Å². The Morgan fingerprint density at radius 3 is 2.45 bits per heavy atom. The molecule has 0 unspecified atom stereocenters. The molecule has 158 valence electrons. The molecule has 4 rings (SSSR count). The van der Waals surface area contributed by atoms with Crippen LogP contribution in [0.1, 0.15) is 23.6 Å². The van der Waals surface area contributed by atoms with Gasteiger partial charge in [0.2, 0.25) is 5.91 Å². The van der Waals surface area contributed by atoms with Crippen LogP contribution in [0.5, 0.6) is 0 Å². The fourth-order valence-corrected chi connectivity index (χ4v) is 5.10. The number of hydrogen-bond acceptors (Lipinski definition) is 5. The van der Waals surface area contributed by atoms with Crippen molar-refractivity contribution in [2.45, 2.75) is 20.8 Å². The number of nitrogens with one attached hydrogen (secondary N) is 1. The van der Waals surface area contributed by atoms with Gasteiger partial charge in [-0.3, -0.25) is 24.2 Å². The number of thioether (sulfide) groups is 1. The number of benzene rings is 2. The van der Waals surface area contributed by atoms with E-state index in [1.54, 1.807) is 18.2 Å². The molecule has 0 atom stereocenters. The van der Waals surface area contributed by atoms with Gasteiger partial charge in [-0.2, -0.15) is 0 Å². The molecule has 1 fully saturated rings. The summed E-state index contributed by atoms with van der Waals surface area (Å²) < 4.78 is 0.436. The highest BCUT2D eigenvalue weighted by atomic mass is 32.2. The monoisotopic (exact) mass is 451 g/mol. The molecule has 0 saturated carbocycles. The number of aryl methyl sites for hydroxylation is 2. The summed E-state index contributed by atoms with van der Waals surface area (Å²) in [6, 6.07) is 12.9. The summed E-state index contributed by atoms with van der Waals surface area (Å²) in [6.07, 6.45) is 0. The number of thiocarbonyl (C=S) groups is 1. The molecule has 2 aromatic rings. The highest BCUT2D eigenvalue weighted by Crippen LogP contribution is 2.44. The van der Waals surface area contributed by atoms with E-state index in [-0.39, 0.29) is 24.3 Å². The lowest BCUT2D eigenvalue weighted by atomic mass is 10.1. The molecule has 8 heteroatoms. The standard InChI is InChI=1S/C23H21N3O3S2/c1-4-25-22(29)20(31-23(25)30)19-16-7-5-6-8-17(16)26(21(19)28)12-18(27)24-15-10-9-13(2)14(3)11-15/h5-11H,4,12H2,1-3H3,(H,24,27). The quantitative estimate of drug-likeness (QED) is 0.564. The maximum Gasteiger partial charge on any atom is 0.266 e. The molecule has 0 spiro atoms. The maximum absolute atomic E-state index is 13.3. The van der Waals surface area contributed by atoms with Gasteiger partial charge in [0.15, 0.2) is 0 Å². The van der Waals surface area contributed by atoms with Crippen molar-refractivity contribution >= 4 is 63.0 Å². The molecule has 1 N–H and O–H groups in total. The minimum atomic E-state index is -0.368. The molecule has 2 aliphatic rings. The second-order valence-corrected chi connectivity index (χ2v) is 9.02. The number of carbonyl (C=O) groups excluding carboxylic acids is 3. The van der Waals surface area contributed by atoms with Crippen molar-refractivity contribution in [3.8, 4) is 0 Å². The van der Waals surface area contributed by atoms with Crippen LogP contribution in [0.15, 0.2) is 47.4 Å². The molecule has 2 aliphatic heterocycles. The van der Waals surface area contributed by atoms with E-state index in [0.29, 0.717) is 38.3 Å². The van der Waals surface area contributed by atoms with Crippen LogP contribution in [-0.2, 0) is 14.4 Å². The van der Waals surface area contributed by atoms with E-state index in [1.807, 2.05) is 45.0 Å². The Bertz CT molecular complexity index is 1170. The summed E-state index contributed by atoms with van der Waals surface area (Å²) in [5.41, 5.74) is 4.44. The third kappa shape index (κ3) is 3.77. The first-order chi connectivity index (χ1) is 14.8. The van der Waals surface area contributed by atoms with Gasteiger partial charge in [-0.25, -0.2) is 0 Å². The van der Waals surface area contributed by atoms with Gasteiger partial charge in [0.1, 0.15) is 10.9 Å². The van der Waals surface area contributed by atoms with E-state index >= 15 is 0 Å². The molecule has 0 radical (unpaired) electrons. The normalized spacial score (nSPS) is 18.1. The molecular weight excluding hydrogens is 430 g/mol. The van der Waals surface area contributed by atoms with Crippen molar-refractivity contribution in [3.63, 3.8) is 0 Å². The predicted octanol–water partition coefficient (Wildman–Crippen LogP) is 3.88. The van der Waals surface area contributed by atoms with Crippen LogP contribution in [0.4, 0.5) is 11.4 Å². The topological polar surface area (TPSA) is 69.7 Å². The molecule has 6 nitrogen and oxygen atoms in total. The van der Waals surface area contributed by atoms with Crippen molar-refractivity contribution in [2.75, 3.05) is 23.3 Å². The zero-order valence-electron chi connectivity index (χ0n) is 17.4. The lowest BCUT2D eigenvalue weighted by Crippen LogP contribution is -2.35. The minimum Gasteiger partial charge on any atom is -0.325 e. The number of para-hydroxylation sites is 1. The van der Waals surface area contributed by atoms with Crippen molar-refractivity contribution in [1.82, 2.24) is 4.90 Å². The first-order valence-electron chi connectivity index (χ1n) is 9.88. The third-order valence-electron chi connectivity index (χ3n) is 5.41. The zero-order valence-corrected chi connectivity index (χ0v) is 19.0. The summed E-state index contributed by atoms with van der Waals surface area (Å²) in [6.45, 7) is 6.11. The highest BCUT2D eigenvalue weighted by molar-refractivity contribution is 8.26. The first-order valence-corrected chi connectivity index (χ1v) is 11.1. The fourth-order valence-electron chi connectivity index (χ4n) is 3.64. The lowest BCUT2D eigenvalue weighted by Gasteiger charge is -2.17. The lowest BCUT2D eigenvalue weighted by molar-refractivity contribution is -0.122. The van der Waals surface area contributed by atoms with Gasteiger partial charge in [-0.15, -0.1) is 0 Å². The number of anilines is 2. The predicted molar refractivity (Wildman–Crippen MR) is 128 cm³/mol. The number of fused-ring (bicyclic) bond motifs is 1. The van der Waals surface area contributed by atoms with Gasteiger partial charge < -0.3 is 5.32 Å². The number of carbonyl (C=O) groups is 3. The summed E-state index contributed by atoms with van der Waals surface area (Å²) in [5.74, 6) is -0.945. The Kier molecular flexibility index (Phi) is 5.68. The SMILES string of the molecule is CCN1C(=O)C(=C2C(=O)N(CC(=O)Nc3ccc(C)c(C)c3)c3ccccc32)SC1=S. The van der Waals surface area contributed by atoms with Crippen LogP contribution in [-0.4, -0.2) is 40.0 Å². The number of nitrogens with zero attached hydrogens (tertiary/aromatic N) is 2. The molecule has 2 heterocycles. The molecule has 1 saturated heterocycles. The number of rotatable bonds is 4. The minimum absolute atomic E-state index is 0.152. The third-order valence-corrected chi connectivity index (χ3v) is 6.86. The molecule has 0 aliphatic carbocycles. The average Bonchev–Trinajstić information content (AvgIpc) is 3.17. The molecule has 0 bridgehead atoms. The summed E-state index contributed by atoms with van der Waals surface area (Å²) in [5, 5.41) is 2.85. The van der Waals surface area contributed by atoms with Crippen LogP contribution in [0.2, 0.25) is 0 Å². The number of likely N-dealkylation sites (N-methyl/N-ethyl adjacent to an activating group) is 1. The van der Waals surface area contributed by atoms with Crippen molar-refractivity contribution in [1.29, 1.82) is 0 Å². The van der Waals surface area contributed by atoms with E-state index < -0.39 is 0 Å². The van der Waals surface area contributed by atoms with E-state index in [2.05, 4.69) is 5.32 Å². The first kappa shape index (κ1) is 21.3. The zero-order chi connectivity index (χ0) is 22.3. The maximum atomic E-state index is 13.3. The Morgan fingerprint density at radius 2 is 1.77 bits per heavy atom. The van der Waals surface area contributed by atoms with Gasteiger partial charge >= 0.3 is 0 Å². The van der Waals surface area contributed by atoms with E-state index in [1.165, 1.54) is 9.80 Å². The smallest absolute Gasteiger partial charge is 0.266 e. The van der Waals surface area contributed by atoms with Crippen molar-refractivity contribution < 1.29 is 14.4 Å². The average molecular weight is 452 g/mol. The summed E-state index contributed by atoms with van der Waals surface area (Å²) in [7, 11) is 0. The van der Waals surface area contributed by atoms with Gasteiger partial charge in [-0.1, -0.05) is 48.2 Å². The molecular formula is C23H21N3O3S2. The summed E-state index contributed by atoms with van der Waals surface area (Å²) >= 11 is 6.44. The van der Waals surface area contributed by atoms with Crippen molar-refractivity contribution in [2.24, 2.45) is 0 Å². The largest absolute Gasteiger partial charge is 0.325 e. The van der Waals surface area contributed by atoms with Gasteiger partial charge in [0, 0.05) is 17.8 Å². The van der Waals surface area contributed by atoms with Crippen molar-refractivity contribution in [3.05, 3.63) is 64.1 Å². The fraction of sp³-hybridized carbons (Fsp3) is 0.217. The summed E-state index contributed by atoms with van der Waals surface area (Å²) in [4.78, 5) is 42.1. The molecule has 0 aromatic heterocycles. The van der Waals surface area contributed by atoms with Crippen LogP contribution in [0.3, 0.4) is 0 Å². The van der Waals surface area contributed by atoms with E-state index in [4.69, 9.17) is 12.2 Å². The molecule has 31 heavy (non-hydrogen) atoms. The second-order valence-electron chi connectivity index (χ2n) is 7.38. The van der Waals surface area contributed by atoms with Gasteiger partial charge in [0.25, 0.3) is 11.8 Å². The van der Waals surface area contributed by atoms with Crippen LogP contribution < -0.4 is 10.2 Å². The van der Waals surface area contributed by atoms with E-state index in [9.17, 15) is 14.4 Å². The van der Waals surface area contributed by atoms with Crippen LogP contribution >= 0.6 is 24.0 Å².